The first kappa shape index (κ1) is 23.3. The molecule has 4 rings (SSSR count). The Morgan fingerprint density at radius 2 is 1.71 bits per heavy atom. The Morgan fingerprint density at radius 3 is 2.41 bits per heavy atom. The number of nitrogens with zero attached hydrogens (tertiary/aromatic N) is 3. The van der Waals surface area contributed by atoms with E-state index in [9.17, 15) is 9.18 Å². The maximum atomic E-state index is 13.4. The Balaban J connectivity index is 1.47. The standard InChI is InChI=1S/C25H23FN4O3S/c1-32-21-13-8-17(14-22(21)33-2)15-27-23(31)16-34-25-29-28-24(18-9-11-19(26)12-10-18)30(25)20-6-4-3-5-7-20/h3-14H,15-16H2,1-2H3,(H,27,31). The molecule has 1 aromatic heterocycles. The number of amides is 1. The van der Waals surface area contributed by atoms with E-state index in [0.29, 0.717) is 29.0 Å². The summed E-state index contributed by atoms with van der Waals surface area (Å²) in [5.41, 5.74) is 2.46. The molecule has 0 fully saturated rings. The van der Waals surface area contributed by atoms with Gasteiger partial charge < -0.3 is 14.8 Å². The second-order valence-electron chi connectivity index (χ2n) is 7.24. The number of thioether (sulfide) groups is 1. The third-order valence-corrected chi connectivity index (χ3v) is 5.95. The zero-order valence-electron chi connectivity index (χ0n) is 18.7. The highest BCUT2D eigenvalue weighted by Gasteiger charge is 2.17. The number of aromatic nitrogens is 3. The fraction of sp³-hybridized carbons (Fsp3) is 0.160. The van der Waals surface area contributed by atoms with Gasteiger partial charge in [0.25, 0.3) is 0 Å². The first-order chi connectivity index (χ1) is 16.6. The summed E-state index contributed by atoms with van der Waals surface area (Å²) in [5, 5.41) is 12.1. The molecule has 0 aliphatic carbocycles. The van der Waals surface area contributed by atoms with Crippen molar-refractivity contribution in [2.75, 3.05) is 20.0 Å². The maximum absolute atomic E-state index is 13.4. The van der Waals surface area contributed by atoms with Crippen LogP contribution in [0.15, 0.2) is 78.0 Å². The number of carbonyl (C=O) groups excluding carboxylic acids is 1. The van der Waals surface area contributed by atoms with Crippen LogP contribution in [0, 0.1) is 5.82 Å². The minimum absolute atomic E-state index is 0.147. The van der Waals surface area contributed by atoms with E-state index in [1.807, 2.05) is 47.0 Å². The van der Waals surface area contributed by atoms with Gasteiger partial charge in [0.05, 0.1) is 20.0 Å². The van der Waals surface area contributed by atoms with Gasteiger partial charge >= 0.3 is 0 Å². The number of carbonyl (C=O) groups is 1. The monoisotopic (exact) mass is 478 g/mol. The normalized spacial score (nSPS) is 10.7. The van der Waals surface area contributed by atoms with Crippen LogP contribution in [0.25, 0.3) is 17.1 Å². The molecule has 7 nitrogen and oxygen atoms in total. The first-order valence-corrected chi connectivity index (χ1v) is 11.4. The van der Waals surface area contributed by atoms with Crippen LogP contribution in [0.5, 0.6) is 11.5 Å². The average Bonchev–Trinajstić information content (AvgIpc) is 3.31. The highest BCUT2D eigenvalue weighted by atomic mass is 32.2. The van der Waals surface area contributed by atoms with Crippen molar-refractivity contribution in [3.05, 3.63) is 84.2 Å². The van der Waals surface area contributed by atoms with Gasteiger partial charge in [-0.25, -0.2) is 4.39 Å². The Kier molecular flexibility index (Phi) is 7.44. The predicted octanol–water partition coefficient (Wildman–Crippen LogP) is 4.50. The maximum Gasteiger partial charge on any atom is 0.230 e. The molecular formula is C25H23FN4O3S. The highest BCUT2D eigenvalue weighted by molar-refractivity contribution is 7.99. The molecule has 0 saturated carbocycles. The molecule has 4 aromatic rings. The number of para-hydroxylation sites is 1. The fourth-order valence-electron chi connectivity index (χ4n) is 3.33. The van der Waals surface area contributed by atoms with Crippen LogP contribution in [0.1, 0.15) is 5.56 Å². The summed E-state index contributed by atoms with van der Waals surface area (Å²) in [4.78, 5) is 12.5. The molecular weight excluding hydrogens is 455 g/mol. The smallest absolute Gasteiger partial charge is 0.230 e. The number of nitrogens with one attached hydrogen (secondary N) is 1. The van der Waals surface area contributed by atoms with Crippen LogP contribution >= 0.6 is 11.8 Å². The minimum Gasteiger partial charge on any atom is -0.493 e. The molecule has 0 bridgehead atoms. The van der Waals surface area contributed by atoms with Crippen molar-refractivity contribution in [3.63, 3.8) is 0 Å². The van der Waals surface area contributed by atoms with Gasteiger partial charge in [-0.15, -0.1) is 10.2 Å². The molecule has 1 amide bonds. The quantitative estimate of drug-likeness (QED) is 0.357. The van der Waals surface area contributed by atoms with Crippen LogP contribution in [-0.4, -0.2) is 40.6 Å². The molecule has 9 heteroatoms. The number of benzene rings is 3. The van der Waals surface area contributed by atoms with Gasteiger partial charge in [0, 0.05) is 17.8 Å². The van der Waals surface area contributed by atoms with E-state index in [1.54, 1.807) is 32.4 Å². The number of rotatable bonds is 9. The predicted molar refractivity (Wildman–Crippen MR) is 129 cm³/mol. The molecule has 1 heterocycles. The lowest BCUT2D eigenvalue weighted by molar-refractivity contribution is -0.118. The summed E-state index contributed by atoms with van der Waals surface area (Å²) in [6.07, 6.45) is 0. The highest BCUT2D eigenvalue weighted by Crippen LogP contribution is 2.29. The van der Waals surface area contributed by atoms with Crippen molar-refractivity contribution >= 4 is 17.7 Å². The molecule has 34 heavy (non-hydrogen) atoms. The van der Waals surface area contributed by atoms with E-state index < -0.39 is 0 Å². The zero-order valence-corrected chi connectivity index (χ0v) is 19.5. The molecule has 3 aromatic carbocycles. The molecule has 0 aliphatic rings. The zero-order chi connectivity index (χ0) is 23.9. The summed E-state index contributed by atoms with van der Waals surface area (Å²) in [6, 6.07) is 21.2. The second kappa shape index (κ2) is 10.8. The lowest BCUT2D eigenvalue weighted by Crippen LogP contribution is -2.24. The van der Waals surface area contributed by atoms with Crippen molar-refractivity contribution < 1.29 is 18.7 Å². The van der Waals surface area contributed by atoms with Crippen LogP contribution < -0.4 is 14.8 Å². The summed E-state index contributed by atoms with van der Waals surface area (Å²) < 4.78 is 25.8. The molecule has 0 spiro atoms. The Morgan fingerprint density at radius 1 is 0.971 bits per heavy atom. The SMILES string of the molecule is COc1ccc(CNC(=O)CSc2nnc(-c3ccc(F)cc3)n2-c2ccccc2)cc1OC. The van der Waals surface area contributed by atoms with E-state index in [4.69, 9.17) is 9.47 Å². The topological polar surface area (TPSA) is 78.3 Å². The van der Waals surface area contributed by atoms with Crippen molar-refractivity contribution in [3.8, 4) is 28.6 Å². The number of methoxy groups -OCH3 is 2. The molecule has 0 unspecified atom stereocenters. The molecule has 0 saturated heterocycles. The molecule has 0 radical (unpaired) electrons. The average molecular weight is 479 g/mol. The lowest BCUT2D eigenvalue weighted by atomic mass is 10.2. The van der Waals surface area contributed by atoms with Crippen LogP contribution in [-0.2, 0) is 11.3 Å². The largest absolute Gasteiger partial charge is 0.493 e. The second-order valence-corrected chi connectivity index (χ2v) is 8.18. The van der Waals surface area contributed by atoms with E-state index in [0.717, 1.165) is 16.8 Å². The van der Waals surface area contributed by atoms with Crippen LogP contribution in [0.2, 0.25) is 0 Å². The Labute approximate surface area is 200 Å². The summed E-state index contributed by atoms with van der Waals surface area (Å²) in [5.74, 6) is 1.49. The summed E-state index contributed by atoms with van der Waals surface area (Å²) >= 11 is 1.28. The van der Waals surface area contributed by atoms with Gasteiger partial charge in [-0.1, -0.05) is 36.0 Å². The van der Waals surface area contributed by atoms with Gasteiger partial charge in [0.2, 0.25) is 5.91 Å². The first-order valence-electron chi connectivity index (χ1n) is 10.5. The number of hydrogen-bond acceptors (Lipinski definition) is 6. The fourth-order valence-corrected chi connectivity index (χ4v) is 4.11. The van der Waals surface area contributed by atoms with Gasteiger partial charge in [-0.3, -0.25) is 9.36 Å². The molecule has 1 N–H and O–H groups in total. The van der Waals surface area contributed by atoms with Crippen molar-refractivity contribution in [1.29, 1.82) is 0 Å². The summed E-state index contributed by atoms with van der Waals surface area (Å²) in [7, 11) is 3.14. The lowest BCUT2D eigenvalue weighted by Gasteiger charge is -2.11. The third-order valence-electron chi connectivity index (χ3n) is 5.02. The van der Waals surface area contributed by atoms with Crippen LogP contribution in [0.4, 0.5) is 4.39 Å². The van der Waals surface area contributed by atoms with Crippen molar-refractivity contribution in [2.24, 2.45) is 0 Å². The van der Waals surface area contributed by atoms with Gasteiger partial charge in [-0.2, -0.15) is 0 Å². The molecule has 174 valence electrons. The van der Waals surface area contributed by atoms with E-state index in [1.165, 1.54) is 23.9 Å². The third kappa shape index (κ3) is 5.37. The number of ether oxygens (including phenoxy) is 2. The van der Waals surface area contributed by atoms with E-state index in [2.05, 4.69) is 15.5 Å². The number of halogens is 1. The van der Waals surface area contributed by atoms with E-state index in [-0.39, 0.29) is 17.5 Å². The van der Waals surface area contributed by atoms with Gasteiger partial charge in [-0.05, 0) is 54.1 Å². The van der Waals surface area contributed by atoms with Gasteiger partial charge in [0.15, 0.2) is 22.5 Å². The molecule has 0 aliphatic heterocycles. The number of hydrogen-bond donors (Lipinski definition) is 1. The van der Waals surface area contributed by atoms with Crippen LogP contribution in [0.3, 0.4) is 0 Å². The molecule has 0 atom stereocenters. The summed E-state index contributed by atoms with van der Waals surface area (Å²) in [6.45, 7) is 0.353. The minimum atomic E-state index is -0.324. The Hall–Kier alpha value is -3.85. The van der Waals surface area contributed by atoms with Crippen molar-refractivity contribution in [2.45, 2.75) is 11.7 Å². The van der Waals surface area contributed by atoms with Crippen molar-refractivity contribution in [1.82, 2.24) is 20.1 Å². The Bertz CT molecular complexity index is 1260. The van der Waals surface area contributed by atoms with E-state index >= 15 is 0 Å². The van der Waals surface area contributed by atoms with Gasteiger partial charge in [0.1, 0.15) is 5.82 Å².